The zero-order valence-corrected chi connectivity index (χ0v) is 20.0. The van der Waals surface area contributed by atoms with Crippen LogP contribution in [0.1, 0.15) is 65.9 Å². The van der Waals surface area contributed by atoms with E-state index in [0.717, 1.165) is 46.3 Å². The predicted octanol–water partition coefficient (Wildman–Crippen LogP) is 4.89. The Kier molecular flexibility index (Phi) is 6.41. The minimum atomic E-state index is -0.449. The minimum Gasteiger partial charge on any atom is -0.494 e. The number of esters is 1. The van der Waals surface area contributed by atoms with E-state index in [0.29, 0.717) is 12.4 Å². The van der Waals surface area contributed by atoms with Gasteiger partial charge >= 0.3 is 5.97 Å². The van der Waals surface area contributed by atoms with Gasteiger partial charge in [0.25, 0.3) is 0 Å². The number of hydrogen-bond acceptors (Lipinski definition) is 7. The van der Waals surface area contributed by atoms with Crippen LogP contribution in [0, 0.1) is 20.8 Å². The molecule has 2 aromatic heterocycles. The van der Waals surface area contributed by atoms with E-state index in [1.165, 1.54) is 17.4 Å². The third-order valence-electron chi connectivity index (χ3n) is 5.58. The number of nitrogens with zero attached hydrogens (tertiary/aromatic N) is 4. The lowest BCUT2D eigenvalue weighted by atomic mass is 9.99. The van der Waals surface area contributed by atoms with Crippen molar-refractivity contribution in [1.29, 1.82) is 0 Å². The number of aliphatic imine (C=N–C) groups is 1. The highest BCUT2D eigenvalue weighted by molar-refractivity contribution is 7.15. The maximum atomic E-state index is 11.5. The molecule has 1 aliphatic rings. The van der Waals surface area contributed by atoms with Crippen molar-refractivity contribution in [3.05, 3.63) is 57.5 Å². The summed E-state index contributed by atoms with van der Waals surface area (Å²) < 4.78 is 13.2. The van der Waals surface area contributed by atoms with Crippen molar-refractivity contribution in [2.24, 2.45) is 4.99 Å². The first-order valence-corrected chi connectivity index (χ1v) is 11.7. The van der Waals surface area contributed by atoms with Crippen molar-refractivity contribution in [3.8, 4) is 10.8 Å². The van der Waals surface area contributed by atoms with Crippen LogP contribution in [0.25, 0.3) is 5.00 Å². The summed E-state index contributed by atoms with van der Waals surface area (Å²) in [4.78, 5) is 17.8. The second kappa shape index (κ2) is 9.24. The topological polar surface area (TPSA) is 78.6 Å². The molecule has 8 heteroatoms. The molecule has 0 bridgehead atoms. The van der Waals surface area contributed by atoms with Crippen LogP contribution in [0.4, 0.5) is 0 Å². The Hall–Kier alpha value is -3.00. The number of hydrogen-bond donors (Lipinski definition) is 0. The first-order chi connectivity index (χ1) is 15.4. The van der Waals surface area contributed by atoms with Crippen LogP contribution in [0.5, 0.6) is 5.75 Å². The molecule has 0 radical (unpaired) electrons. The fourth-order valence-corrected chi connectivity index (χ4v) is 4.95. The van der Waals surface area contributed by atoms with Gasteiger partial charge in [-0.2, -0.15) is 0 Å². The molecule has 7 nitrogen and oxygen atoms in total. The second-order valence-electron chi connectivity index (χ2n) is 7.93. The average Bonchev–Trinajstić information content (AvgIpc) is 3.24. The van der Waals surface area contributed by atoms with Gasteiger partial charge in [0.15, 0.2) is 5.82 Å². The molecule has 32 heavy (non-hydrogen) atoms. The zero-order valence-electron chi connectivity index (χ0n) is 19.1. The summed E-state index contributed by atoms with van der Waals surface area (Å²) in [5.74, 6) is 1.97. The van der Waals surface area contributed by atoms with E-state index in [-0.39, 0.29) is 12.6 Å². The number of unbranched alkanes of at least 4 members (excludes halogenated alkanes) is 1. The van der Waals surface area contributed by atoms with Gasteiger partial charge in [-0.3, -0.25) is 14.4 Å². The third kappa shape index (κ3) is 4.19. The fraction of sp³-hybridized carbons (Fsp3) is 0.417. The van der Waals surface area contributed by atoms with Gasteiger partial charge in [-0.15, -0.1) is 21.5 Å². The lowest BCUT2D eigenvalue weighted by Crippen LogP contribution is -2.14. The first kappa shape index (κ1) is 22.2. The smallest absolute Gasteiger partial charge is 0.302 e. The highest BCUT2D eigenvalue weighted by atomic mass is 32.1. The van der Waals surface area contributed by atoms with Crippen molar-refractivity contribution in [1.82, 2.24) is 14.8 Å². The first-order valence-electron chi connectivity index (χ1n) is 10.9. The van der Waals surface area contributed by atoms with Crippen molar-refractivity contribution < 1.29 is 14.3 Å². The molecule has 0 saturated heterocycles. The summed E-state index contributed by atoms with van der Waals surface area (Å²) in [7, 11) is 0. The summed E-state index contributed by atoms with van der Waals surface area (Å²) in [6.07, 6.45) is 2.13. The molecule has 4 rings (SSSR count). The number of ether oxygens (including phenoxy) is 2. The standard InChI is InChI=1S/C24H28N4O3S/c1-6-7-12-30-19-10-8-18(9-11-19)22-21-14(2)15(3)32-24(21)28-16(4)26-27-23(28)20(25-22)13-31-17(5)29/h8-11,20H,6-7,12-13H2,1-5H3/t20-/m0/s1. The van der Waals surface area contributed by atoms with Gasteiger partial charge in [0, 0.05) is 22.9 Å². The molecule has 0 unspecified atom stereocenters. The number of aryl methyl sites for hydroxylation is 2. The number of aromatic nitrogens is 3. The van der Waals surface area contributed by atoms with Crippen LogP contribution in [0.2, 0.25) is 0 Å². The number of carbonyl (C=O) groups excluding carboxylic acids is 1. The monoisotopic (exact) mass is 452 g/mol. The molecule has 0 N–H and O–H groups in total. The fourth-order valence-electron chi connectivity index (χ4n) is 3.74. The summed E-state index contributed by atoms with van der Waals surface area (Å²) in [6, 6.07) is 7.60. The summed E-state index contributed by atoms with van der Waals surface area (Å²) in [5, 5.41) is 9.74. The molecule has 0 aliphatic carbocycles. The predicted molar refractivity (Wildman–Crippen MR) is 125 cm³/mol. The lowest BCUT2D eigenvalue weighted by molar-refractivity contribution is -0.141. The summed E-state index contributed by atoms with van der Waals surface area (Å²) in [5.41, 5.74) is 4.10. The van der Waals surface area contributed by atoms with Gasteiger partial charge in [-0.1, -0.05) is 13.3 Å². The molecule has 0 spiro atoms. The number of thiophene rings is 1. The normalized spacial score (nSPS) is 14.9. The molecular formula is C24H28N4O3S. The van der Waals surface area contributed by atoms with E-state index in [1.54, 1.807) is 11.3 Å². The molecule has 1 aromatic carbocycles. The number of carbonyl (C=O) groups is 1. The van der Waals surface area contributed by atoms with Gasteiger partial charge in [-0.05, 0) is 57.0 Å². The van der Waals surface area contributed by atoms with Crippen LogP contribution in [0.15, 0.2) is 29.3 Å². The molecule has 3 heterocycles. The Morgan fingerprint density at radius 2 is 1.91 bits per heavy atom. The van der Waals surface area contributed by atoms with Crippen LogP contribution in [0.3, 0.4) is 0 Å². The van der Waals surface area contributed by atoms with Crippen molar-refractivity contribution in [2.45, 2.75) is 53.5 Å². The summed E-state index contributed by atoms with van der Waals surface area (Å²) in [6.45, 7) is 10.5. The second-order valence-corrected chi connectivity index (χ2v) is 9.13. The molecular weight excluding hydrogens is 424 g/mol. The molecule has 168 valence electrons. The Morgan fingerprint density at radius 3 is 2.59 bits per heavy atom. The van der Waals surface area contributed by atoms with Crippen molar-refractivity contribution in [3.63, 3.8) is 0 Å². The minimum absolute atomic E-state index is 0.113. The van der Waals surface area contributed by atoms with Crippen molar-refractivity contribution >= 4 is 23.0 Å². The van der Waals surface area contributed by atoms with E-state index in [4.69, 9.17) is 14.5 Å². The molecule has 0 fully saturated rings. The third-order valence-corrected chi connectivity index (χ3v) is 6.77. The molecule has 0 amide bonds. The summed E-state index contributed by atoms with van der Waals surface area (Å²) >= 11 is 1.70. The number of rotatable bonds is 7. The van der Waals surface area contributed by atoms with E-state index in [1.807, 2.05) is 35.8 Å². The zero-order chi connectivity index (χ0) is 22.8. The highest BCUT2D eigenvalue weighted by Gasteiger charge is 2.31. The van der Waals surface area contributed by atoms with Gasteiger partial charge in [0.1, 0.15) is 29.2 Å². The maximum absolute atomic E-state index is 11.5. The molecule has 1 atom stereocenters. The quantitative estimate of drug-likeness (QED) is 0.377. The van der Waals surface area contributed by atoms with E-state index >= 15 is 0 Å². The van der Waals surface area contributed by atoms with Crippen LogP contribution in [-0.2, 0) is 9.53 Å². The lowest BCUT2D eigenvalue weighted by Gasteiger charge is -2.13. The van der Waals surface area contributed by atoms with Gasteiger partial charge in [0.2, 0.25) is 0 Å². The Labute approximate surface area is 192 Å². The van der Waals surface area contributed by atoms with Crippen molar-refractivity contribution in [2.75, 3.05) is 13.2 Å². The average molecular weight is 453 g/mol. The van der Waals surface area contributed by atoms with E-state index in [2.05, 4.69) is 31.0 Å². The van der Waals surface area contributed by atoms with Gasteiger partial charge in [0.05, 0.1) is 12.3 Å². The van der Waals surface area contributed by atoms with Gasteiger partial charge in [-0.25, -0.2) is 0 Å². The highest BCUT2D eigenvalue weighted by Crippen LogP contribution is 2.38. The molecule has 3 aromatic rings. The SMILES string of the molecule is CCCCOc1ccc(C2=N[C@@H](COC(C)=O)c3nnc(C)n3-c3sc(C)c(C)c32)cc1. The Bertz CT molecular complexity index is 1160. The van der Waals surface area contributed by atoms with Crippen LogP contribution < -0.4 is 4.74 Å². The van der Waals surface area contributed by atoms with E-state index in [9.17, 15) is 4.79 Å². The molecule has 0 saturated carbocycles. The Balaban J connectivity index is 1.82. The largest absolute Gasteiger partial charge is 0.494 e. The molecule has 1 aliphatic heterocycles. The van der Waals surface area contributed by atoms with Crippen LogP contribution >= 0.6 is 11.3 Å². The number of fused-ring (bicyclic) bond motifs is 3. The number of benzene rings is 1. The van der Waals surface area contributed by atoms with E-state index < -0.39 is 6.04 Å². The Morgan fingerprint density at radius 1 is 1.16 bits per heavy atom. The maximum Gasteiger partial charge on any atom is 0.302 e. The van der Waals surface area contributed by atoms with Gasteiger partial charge < -0.3 is 9.47 Å². The van der Waals surface area contributed by atoms with Crippen LogP contribution in [-0.4, -0.2) is 39.7 Å².